The van der Waals surface area contributed by atoms with Crippen molar-refractivity contribution in [1.82, 2.24) is 0 Å². The van der Waals surface area contributed by atoms with E-state index in [4.69, 9.17) is 5.73 Å². The van der Waals surface area contributed by atoms with Crippen LogP contribution in [-0.2, 0) is 0 Å². The van der Waals surface area contributed by atoms with E-state index in [0.717, 1.165) is 12.5 Å². The molecule has 3 N–H and O–H groups in total. The van der Waals surface area contributed by atoms with E-state index in [1.54, 1.807) is 0 Å². The van der Waals surface area contributed by atoms with Crippen molar-refractivity contribution >= 4 is 0 Å². The lowest BCUT2D eigenvalue weighted by molar-refractivity contribution is 0.133. The molecule has 0 saturated heterocycles. The summed E-state index contributed by atoms with van der Waals surface area (Å²) in [6.07, 6.45) is 0.661. The fourth-order valence-electron chi connectivity index (χ4n) is 1.79. The van der Waals surface area contributed by atoms with Crippen LogP contribution in [0.2, 0.25) is 0 Å². The van der Waals surface area contributed by atoms with Gasteiger partial charge in [-0.3, -0.25) is 0 Å². The Hall–Kier alpha value is -1.00. The van der Waals surface area contributed by atoms with Crippen LogP contribution in [0.25, 0.3) is 0 Å². The summed E-state index contributed by atoms with van der Waals surface area (Å²) < 4.78 is 26.2. The van der Waals surface area contributed by atoms with Gasteiger partial charge in [-0.15, -0.1) is 0 Å². The predicted molar refractivity (Wildman–Crippen MR) is 59.1 cm³/mol. The van der Waals surface area contributed by atoms with Gasteiger partial charge in [-0.2, -0.15) is 0 Å². The first-order valence-electron chi connectivity index (χ1n) is 5.43. The standard InChI is InChI=1S/C12H17F2NO/c1-2-3-12(16)10(7-15)9-5-4-8(13)6-11(9)14/h4-6,10,12,16H,2-3,7,15H2,1H3. The molecule has 16 heavy (non-hydrogen) atoms. The van der Waals surface area contributed by atoms with E-state index < -0.39 is 23.7 Å². The first-order valence-corrected chi connectivity index (χ1v) is 5.43. The summed E-state index contributed by atoms with van der Waals surface area (Å²) in [5.74, 6) is -1.74. The van der Waals surface area contributed by atoms with Crippen molar-refractivity contribution in [2.24, 2.45) is 5.73 Å². The van der Waals surface area contributed by atoms with E-state index in [0.29, 0.717) is 6.42 Å². The molecule has 1 rings (SSSR count). The molecule has 0 spiro atoms. The van der Waals surface area contributed by atoms with E-state index in [9.17, 15) is 13.9 Å². The molecule has 0 bridgehead atoms. The molecule has 0 saturated carbocycles. The molecule has 2 atom stereocenters. The van der Waals surface area contributed by atoms with Crippen LogP contribution in [0, 0.1) is 11.6 Å². The molecule has 1 aromatic carbocycles. The Labute approximate surface area is 94.1 Å². The molecule has 0 aliphatic heterocycles. The zero-order chi connectivity index (χ0) is 12.1. The highest BCUT2D eigenvalue weighted by atomic mass is 19.1. The van der Waals surface area contributed by atoms with Gasteiger partial charge in [0.25, 0.3) is 0 Å². The first-order chi connectivity index (χ1) is 7.60. The maximum Gasteiger partial charge on any atom is 0.129 e. The summed E-state index contributed by atoms with van der Waals surface area (Å²) in [5.41, 5.74) is 5.80. The highest BCUT2D eigenvalue weighted by Crippen LogP contribution is 2.24. The van der Waals surface area contributed by atoms with Crippen LogP contribution >= 0.6 is 0 Å². The maximum absolute atomic E-state index is 13.5. The lowest BCUT2D eigenvalue weighted by Crippen LogP contribution is -2.26. The Bertz CT molecular complexity index is 344. The predicted octanol–water partition coefficient (Wildman–Crippen LogP) is 2.17. The van der Waals surface area contributed by atoms with Gasteiger partial charge in [0.05, 0.1) is 6.10 Å². The molecule has 4 heteroatoms. The van der Waals surface area contributed by atoms with Crippen molar-refractivity contribution in [3.63, 3.8) is 0 Å². The first kappa shape index (κ1) is 13.1. The third-order valence-electron chi connectivity index (χ3n) is 2.66. The second-order valence-electron chi connectivity index (χ2n) is 3.86. The lowest BCUT2D eigenvalue weighted by atomic mass is 9.90. The molecular formula is C12H17F2NO. The van der Waals surface area contributed by atoms with Crippen molar-refractivity contribution in [2.45, 2.75) is 31.8 Å². The second kappa shape index (κ2) is 5.92. The second-order valence-corrected chi connectivity index (χ2v) is 3.86. The smallest absolute Gasteiger partial charge is 0.129 e. The Morgan fingerprint density at radius 1 is 1.38 bits per heavy atom. The Morgan fingerprint density at radius 3 is 2.56 bits per heavy atom. The molecule has 0 aromatic heterocycles. The topological polar surface area (TPSA) is 46.2 Å². The average molecular weight is 229 g/mol. The van der Waals surface area contributed by atoms with Crippen LogP contribution in [-0.4, -0.2) is 17.8 Å². The van der Waals surface area contributed by atoms with Crippen molar-refractivity contribution < 1.29 is 13.9 Å². The van der Waals surface area contributed by atoms with E-state index in [2.05, 4.69) is 0 Å². The van der Waals surface area contributed by atoms with Crippen LogP contribution in [0.4, 0.5) is 8.78 Å². The molecule has 0 aliphatic rings. The third-order valence-corrected chi connectivity index (χ3v) is 2.66. The molecule has 0 aliphatic carbocycles. The lowest BCUT2D eigenvalue weighted by Gasteiger charge is -2.21. The number of nitrogens with two attached hydrogens (primary N) is 1. The molecule has 1 aromatic rings. The Balaban J connectivity index is 2.94. The van der Waals surface area contributed by atoms with Gasteiger partial charge in [0.2, 0.25) is 0 Å². The van der Waals surface area contributed by atoms with Crippen molar-refractivity contribution in [3.8, 4) is 0 Å². The van der Waals surface area contributed by atoms with Crippen LogP contribution in [0.1, 0.15) is 31.2 Å². The summed E-state index contributed by atoms with van der Waals surface area (Å²) in [5, 5.41) is 9.82. The highest BCUT2D eigenvalue weighted by molar-refractivity contribution is 5.24. The summed E-state index contributed by atoms with van der Waals surface area (Å²) in [4.78, 5) is 0. The third kappa shape index (κ3) is 3.00. The zero-order valence-electron chi connectivity index (χ0n) is 9.29. The fourth-order valence-corrected chi connectivity index (χ4v) is 1.79. The monoisotopic (exact) mass is 229 g/mol. The summed E-state index contributed by atoms with van der Waals surface area (Å²) in [7, 11) is 0. The highest BCUT2D eigenvalue weighted by Gasteiger charge is 2.22. The molecule has 0 radical (unpaired) electrons. The number of aliphatic hydroxyl groups excluding tert-OH is 1. The minimum atomic E-state index is -0.685. The molecule has 0 heterocycles. The fraction of sp³-hybridized carbons (Fsp3) is 0.500. The quantitative estimate of drug-likeness (QED) is 0.812. The van der Waals surface area contributed by atoms with Gasteiger partial charge in [0.1, 0.15) is 11.6 Å². The molecule has 0 amide bonds. The van der Waals surface area contributed by atoms with Gasteiger partial charge in [0, 0.05) is 18.5 Å². The van der Waals surface area contributed by atoms with Crippen LogP contribution in [0.15, 0.2) is 18.2 Å². The van der Waals surface area contributed by atoms with Crippen LogP contribution in [0.3, 0.4) is 0 Å². The largest absolute Gasteiger partial charge is 0.392 e. The van der Waals surface area contributed by atoms with Gasteiger partial charge < -0.3 is 10.8 Å². The number of hydrogen-bond acceptors (Lipinski definition) is 2. The van der Waals surface area contributed by atoms with Crippen LogP contribution in [0.5, 0.6) is 0 Å². The number of benzene rings is 1. The molecule has 2 unspecified atom stereocenters. The maximum atomic E-state index is 13.5. The Kier molecular flexibility index (Phi) is 4.83. The van der Waals surface area contributed by atoms with Crippen LogP contribution < -0.4 is 5.73 Å². The number of rotatable bonds is 5. The summed E-state index contributed by atoms with van der Waals surface area (Å²) >= 11 is 0. The summed E-state index contributed by atoms with van der Waals surface area (Å²) in [6, 6.07) is 3.34. The van der Waals surface area contributed by atoms with Gasteiger partial charge in [-0.25, -0.2) is 8.78 Å². The van der Waals surface area contributed by atoms with Crippen molar-refractivity contribution in [2.75, 3.05) is 6.54 Å². The minimum Gasteiger partial charge on any atom is -0.392 e. The van der Waals surface area contributed by atoms with Crippen molar-refractivity contribution in [3.05, 3.63) is 35.4 Å². The average Bonchev–Trinajstić information content (AvgIpc) is 2.22. The molecule has 2 nitrogen and oxygen atoms in total. The van der Waals surface area contributed by atoms with Gasteiger partial charge in [0.15, 0.2) is 0 Å². The summed E-state index contributed by atoms with van der Waals surface area (Å²) in [6.45, 7) is 2.07. The molecular weight excluding hydrogens is 212 g/mol. The van der Waals surface area contributed by atoms with Gasteiger partial charge >= 0.3 is 0 Å². The van der Waals surface area contributed by atoms with E-state index in [1.165, 1.54) is 12.1 Å². The SMILES string of the molecule is CCCC(O)C(CN)c1ccc(F)cc1F. The normalized spacial score (nSPS) is 14.8. The minimum absolute atomic E-state index is 0.143. The molecule has 0 fully saturated rings. The van der Waals surface area contributed by atoms with Gasteiger partial charge in [-0.1, -0.05) is 19.4 Å². The van der Waals surface area contributed by atoms with Crippen molar-refractivity contribution in [1.29, 1.82) is 0 Å². The number of aliphatic hydroxyl groups is 1. The van der Waals surface area contributed by atoms with Gasteiger partial charge in [-0.05, 0) is 18.1 Å². The molecule has 90 valence electrons. The Morgan fingerprint density at radius 2 is 2.06 bits per heavy atom. The van der Waals surface area contributed by atoms with E-state index in [1.807, 2.05) is 6.92 Å². The number of hydrogen-bond donors (Lipinski definition) is 2. The van der Waals surface area contributed by atoms with E-state index in [-0.39, 0.29) is 12.1 Å². The van der Waals surface area contributed by atoms with E-state index >= 15 is 0 Å². The zero-order valence-corrected chi connectivity index (χ0v) is 9.29. The number of halogens is 2.